The van der Waals surface area contributed by atoms with E-state index in [-0.39, 0.29) is 11.3 Å². The second kappa shape index (κ2) is 5.60. The van der Waals surface area contributed by atoms with E-state index in [0.717, 1.165) is 12.0 Å². The lowest BCUT2D eigenvalue weighted by Gasteiger charge is -2.15. The summed E-state index contributed by atoms with van der Waals surface area (Å²) in [6, 6.07) is 8.74. The van der Waals surface area contributed by atoms with Gasteiger partial charge in [0, 0.05) is 23.4 Å². The number of aromatic nitrogens is 1. The third kappa shape index (κ3) is 2.57. The first kappa shape index (κ1) is 14.3. The van der Waals surface area contributed by atoms with Gasteiger partial charge < -0.3 is 10.3 Å². The maximum Gasteiger partial charge on any atom is 0.261 e. The molecular weight excluding hydrogens is 280 g/mol. The number of amides is 1. The van der Waals surface area contributed by atoms with E-state index >= 15 is 0 Å². The molecule has 2 aromatic rings. The van der Waals surface area contributed by atoms with E-state index in [1.165, 1.54) is 6.07 Å². The largest absolute Gasteiger partial charge is 0.325 e. The summed E-state index contributed by atoms with van der Waals surface area (Å²) < 4.78 is 0. The number of fused-ring (bicyclic) bond motifs is 1. The molecule has 1 aliphatic carbocycles. The number of carbonyl (C=O) groups excluding carboxylic acids is 2. The highest BCUT2D eigenvalue weighted by Gasteiger charge is 2.22. The minimum absolute atomic E-state index is 0.0255. The van der Waals surface area contributed by atoms with Crippen molar-refractivity contribution in [3.63, 3.8) is 0 Å². The van der Waals surface area contributed by atoms with Gasteiger partial charge >= 0.3 is 0 Å². The zero-order valence-electron chi connectivity index (χ0n) is 12.2. The van der Waals surface area contributed by atoms with Crippen LogP contribution in [0, 0.1) is 6.92 Å². The van der Waals surface area contributed by atoms with Crippen LogP contribution < -0.4 is 10.9 Å². The topological polar surface area (TPSA) is 79.0 Å². The summed E-state index contributed by atoms with van der Waals surface area (Å²) in [5.41, 5.74) is 2.16. The van der Waals surface area contributed by atoms with Crippen molar-refractivity contribution in [1.82, 2.24) is 4.98 Å². The van der Waals surface area contributed by atoms with Crippen molar-refractivity contribution in [3.05, 3.63) is 63.1 Å². The van der Waals surface area contributed by atoms with Crippen LogP contribution >= 0.6 is 0 Å². The first-order valence-corrected chi connectivity index (χ1v) is 7.22. The van der Waals surface area contributed by atoms with Crippen molar-refractivity contribution < 1.29 is 9.59 Å². The van der Waals surface area contributed by atoms with E-state index < -0.39 is 11.5 Å². The number of anilines is 1. The SMILES string of the molecule is Cc1ccccc1NC(=O)c1cc2c([nH]c1=O)CCCC2=O. The van der Waals surface area contributed by atoms with Gasteiger partial charge in [0.2, 0.25) is 0 Å². The molecule has 1 aliphatic rings. The average Bonchev–Trinajstić information content (AvgIpc) is 2.49. The van der Waals surface area contributed by atoms with Gasteiger partial charge in [0.25, 0.3) is 11.5 Å². The molecule has 1 aromatic heterocycles. The van der Waals surface area contributed by atoms with Crippen LogP contribution in [0.3, 0.4) is 0 Å². The highest BCUT2D eigenvalue weighted by molar-refractivity contribution is 6.06. The smallest absolute Gasteiger partial charge is 0.261 e. The van der Waals surface area contributed by atoms with Crippen molar-refractivity contribution in [2.24, 2.45) is 0 Å². The summed E-state index contributed by atoms with van der Waals surface area (Å²) in [4.78, 5) is 39.0. The summed E-state index contributed by atoms with van der Waals surface area (Å²) in [6.45, 7) is 1.87. The van der Waals surface area contributed by atoms with Gasteiger partial charge in [-0.05, 0) is 37.5 Å². The Labute approximate surface area is 127 Å². The van der Waals surface area contributed by atoms with Crippen LogP contribution in [0.2, 0.25) is 0 Å². The number of Topliss-reactive ketones (excluding diaryl/α,β-unsaturated/α-hetero) is 1. The number of hydrogen-bond donors (Lipinski definition) is 2. The zero-order chi connectivity index (χ0) is 15.7. The van der Waals surface area contributed by atoms with E-state index in [2.05, 4.69) is 10.3 Å². The lowest BCUT2D eigenvalue weighted by atomic mass is 9.93. The third-order valence-electron chi connectivity index (χ3n) is 3.89. The van der Waals surface area contributed by atoms with Gasteiger partial charge in [0.1, 0.15) is 5.56 Å². The molecule has 2 N–H and O–H groups in total. The summed E-state index contributed by atoms with van der Waals surface area (Å²) in [6.07, 6.45) is 1.85. The van der Waals surface area contributed by atoms with Crippen LogP contribution in [0.5, 0.6) is 0 Å². The van der Waals surface area contributed by atoms with Crippen molar-refractivity contribution >= 4 is 17.4 Å². The number of hydrogen-bond acceptors (Lipinski definition) is 3. The quantitative estimate of drug-likeness (QED) is 0.893. The number of aryl methyl sites for hydroxylation is 2. The molecule has 0 bridgehead atoms. The van der Waals surface area contributed by atoms with E-state index in [1.807, 2.05) is 25.1 Å². The van der Waals surface area contributed by atoms with Crippen LogP contribution in [0.1, 0.15) is 44.8 Å². The maximum atomic E-state index is 12.3. The number of carbonyl (C=O) groups is 2. The first-order chi connectivity index (χ1) is 10.6. The molecular formula is C17H16N2O3. The zero-order valence-corrected chi connectivity index (χ0v) is 12.2. The molecule has 0 unspecified atom stereocenters. The molecule has 0 saturated carbocycles. The van der Waals surface area contributed by atoms with Crippen LogP contribution in [-0.2, 0) is 6.42 Å². The molecule has 0 fully saturated rings. The fourth-order valence-electron chi connectivity index (χ4n) is 2.65. The number of ketones is 1. The van der Waals surface area contributed by atoms with Crippen LogP contribution in [-0.4, -0.2) is 16.7 Å². The van der Waals surface area contributed by atoms with E-state index in [9.17, 15) is 14.4 Å². The number of H-pyrrole nitrogens is 1. The molecule has 22 heavy (non-hydrogen) atoms. The summed E-state index contributed by atoms with van der Waals surface area (Å²) in [5, 5.41) is 2.72. The lowest BCUT2D eigenvalue weighted by molar-refractivity contribution is 0.0971. The monoisotopic (exact) mass is 296 g/mol. The Balaban J connectivity index is 1.96. The molecule has 0 spiro atoms. The van der Waals surface area contributed by atoms with Gasteiger partial charge in [-0.2, -0.15) is 0 Å². The predicted molar refractivity (Wildman–Crippen MR) is 83.5 cm³/mol. The highest BCUT2D eigenvalue weighted by Crippen LogP contribution is 2.19. The second-order valence-electron chi connectivity index (χ2n) is 5.45. The number of nitrogens with one attached hydrogen (secondary N) is 2. The number of pyridine rings is 1. The Morgan fingerprint density at radius 2 is 1.95 bits per heavy atom. The minimum Gasteiger partial charge on any atom is -0.325 e. The summed E-state index contributed by atoms with van der Waals surface area (Å²) in [5.74, 6) is -0.529. The normalized spacial score (nSPS) is 13.6. The van der Waals surface area contributed by atoms with Crippen molar-refractivity contribution in [1.29, 1.82) is 0 Å². The van der Waals surface area contributed by atoms with Crippen molar-refractivity contribution in [2.75, 3.05) is 5.32 Å². The molecule has 0 saturated heterocycles. The standard InChI is InChI=1S/C17H16N2O3/c1-10-5-2-3-6-13(10)18-16(21)12-9-11-14(19-17(12)22)7-4-8-15(11)20/h2-3,5-6,9H,4,7-8H2,1H3,(H,18,21)(H,19,22). The van der Waals surface area contributed by atoms with E-state index in [1.54, 1.807) is 6.07 Å². The van der Waals surface area contributed by atoms with Gasteiger partial charge in [0.05, 0.1) is 0 Å². The molecule has 1 amide bonds. The number of benzene rings is 1. The fourth-order valence-corrected chi connectivity index (χ4v) is 2.65. The van der Waals surface area contributed by atoms with Crippen LogP contribution in [0.25, 0.3) is 0 Å². The first-order valence-electron chi connectivity index (χ1n) is 7.22. The molecule has 5 nitrogen and oxygen atoms in total. The van der Waals surface area contributed by atoms with Crippen LogP contribution in [0.4, 0.5) is 5.69 Å². The number of rotatable bonds is 2. The van der Waals surface area contributed by atoms with Gasteiger partial charge in [-0.15, -0.1) is 0 Å². The number of para-hydroxylation sites is 1. The minimum atomic E-state index is -0.503. The summed E-state index contributed by atoms with van der Waals surface area (Å²) >= 11 is 0. The Bertz CT molecular complexity index is 821. The predicted octanol–water partition coefficient (Wildman–Crippen LogP) is 2.45. The van der Waals surface area contributed by atoms with E-state index in [0.29, 0.717) is 29.8 Å². The van der Waals surface area contributed by atoms with Crippen molar-refractivity contribution in [2.45, 2.75) is 26.2 Å². The second-order valence-corrected chi connectivity index (χ2v) is 5.45. The van der Waals surface area contributed by atoms with Gasteiger partial charge in [0.15, 0.2) is 5.78 Å². The van der Waals surface area contributed by atoms with Gasteiger partial charge in [-0.1, -0.05) is 18.2 Å². The molecule has 1 aromatic carbocycles. The van der Waals surface area contributed by atoms with Gasteiger partial charge in [-0.3, -0.25) is 14.4 Å². The molecule has 5 heteroatoms. The average molecular weight is 296 g/mol. The van der Waals surface area contributed by atoms with Crippen molar-refractivity contribution in [3.8, 4) is 0 Å². The van der Waals surface area contributed by atoms with Crippen LogP contribution in [0.15, 0.2) is 35.1 Å². The maximum absolute atomic E-state index is 12.3. The highest BCUT2D eigenvalue weighted by atomic mass is 16.2. The Morgan fingerprint density at radius 1 is 1.18 bits per heavy atom. The Hall–Kier alpha value is -2.69. The lowest BCUT2D eigenvalue weighted by Crippen LogP contribution is -2.27. The molecule has 3 rings (SSSR count). The number of aromatic amines is 1. The van der Waals surface area contributed by atoms with Gasteiger partial charge in [-0.25, -0.2) is 0 Å². The Morgan fingerprint density at radius 3 is 2.73 bits per heavy atom. The molecule has 1 heterocycles. The van der Waals surface area contributed by atoms with E-state index in [4.69, 9.17) is 0 Å². The Kier molecular flexibility index (Phi) is 3.63. The summed E-state index contributed by atoms with van der Waals surface area (Å²) in [7, 11) is 0. The fraction of sp³-hybridized carbons (Fsp3) is 0.235. The molecule has 0 atom stereocenters. The molecule has 0 aliphatic heterocycles. The molecule has 0 radical (unpaired) electrons. The molecule has 112 valence electrons. The third-order valence-corrected chi connectivity index (χ3v) is 3.89.